The van der Waals surface area contributed by atoms with Crippen molar-refractivity contribution >= 4 is 23.2 Å². The largest absolute Gasteiger partial charge is 0.406 e. The maximum absolute atomic E-state index is 13.2. The number of carbonyl (C=O) groups is 2. The van der Waals surface area contributed by atoms with Gasteiger partial charge in [-0.3, -0.25) is 14.5 Å². The first-order valence-corrected chi connectivity index (χ1v) is 7.50. The number of anilines is 2. The monoisotopic (exact) mass is 347 g/mol. The number of amides is 2. The molecule has 1 unspecified atom stereocenters. The van der Waals surface area contributed by atoms with Crippen LogP contribution in [0.25, 0.3) is 0 Å². The molecule has 5 nitrogen and oxygen atoms in total. The van der Waals surface area contributed by atoms with Crippen LogP contribution in [0.3, 0.4) is 0 Å². The van der Waals surface area contributed by atoms with Gasteiger partial charge in [-0.15, -0.1) is 0 Å². The Labute approximate surface area is 140 Å². The van der Waals surface area contributed by atoms with Crippen LogP contribution >= 0.6 is 0 Å². The van der Waals surface area contributed by atoms with Crippen molar-refractivity contribution in [2.24, 2.45) is 0 Å². The van der Waals surface area contributed by atoms with Crippen LogP contribution in [0.2, 0.25) is 0 Å². The Bertz CT molecular complexity index is 897. The molecule has 0 saturated carbocycles. The normalized spacial score (nSPS) is 21.6. The van der Waals surface area contributed by atoms with Gasteiger partial charge in [0.2, 0.25) is 5.66 Å². The van der Waals surface area contributed by atoms with Crippen LogP contribution in [0.5, 0.6) is 0 Å². The first-order chi connectivity index (χ1) is 11.8. The highest BCUT2D eigenvalue weighted by Crippen LogP contribution is 2.46. The number of halogens is 3. The molecule has 1 atom stereocenters. The summed E-state index contributed by atoms with van der Waals surface area (Å²) in [5.41, 5.74) is -0.865. The third-order valence-corrected chi connectivity index (χ3v) is 4.35. The van der Waals surface area contributed by atoms with Crippen molar-refractivity contribution in [1.82, 2.24) is 4.90 Å². The molecule has 2 aliphatic heterocycles. The van der Waals surface area contributed by atoms with E-state index in [0.29, 0.717) is 16.3 Å². The van der Waals surface area contributed by atoms with E-state index in [4.69, 9.17) is 0 Å². The summed E-state index contributed by atoms with van der Waals surface area (Å²) in [4.78, 5) is 26.1. The van der Waals surface area contributed by atoms with Crippen LogP contribution in [0.4, 0.5) is 24.5 Å². The van der Waals surface area contributed by atoms with Crippen LogP contribution in [0.15, 0.2) is 48.5 Å². The van der Waals surface area contributed by atoms with E-state index in [2.05, 4.69) is 10.6 Å². The molecule has 2 heterocycles. The molecule has 0 aliphatic carbocycles. The van der Waals surface area contributed by atoms with E-state index < -0.39 is 30.2 Å². The van der Waals surface area contributed by atoms with Crippen molar-refractivity contribution < 1.29 is 22.8 Å². The van der Waals surface area contributed by atoms with Crippen molar-refractivity contribution in [3.8, 4) is 0 Å². The van der Waals surface area contributed by atoms with Crippen molar-refractivity contribution in [3.63, 3.8) is 0 Å². The third kappa shape index (κ3) is 2.17. The number of benzene rings is 2. The number of nitrogens with zero attached hydrogens (tertiary/aromatic N) is 1. The van der Waals surface area contributed by atoms with Gasteiger partial charge < -0.3 is 10.6 Å². The lowest BCUT2D eigenvalue weighted by Crippen LogP contribution is -2.63. The minimum atomic E-state index is -4.66. The van der Waals surface area contributed by atoms with Gasteiger partial charge in [0.1, 0.15) is 6.54 Å². The Morgan fingerprint density at radius 3 is 2.32 bits per heavy atom. The number of hydrogen-bond acceptors (Lipinski definition) is 3. The van der Waals surface area contributed by atoms with Gasteiger partial charge in [-0.1, -0.05) is 30.3 Å². The Balaban J connectivity index is 1.96. The molecule has 128 valence electrons. The number of nitrogens with one attached hydrogen (secondary N) is 2. The van der Waals surface area contributed by atoms with Gasteiger partial charge >= 0.3 is 6.18 Å². The zero-order valence-electron chi connectivity index (χ0n) is 12.7. The van der Waals surface area contributed by atoms with E-state index in [1.54, 1.807) is 36.4 Å². The quantitative estimate of drug-likeness (QED) is 0.834. The predicted octanol–water partition coefficient (Wildman–Crippen LogP) is 2.92. The molecule has 25 heavy (non-hydrogen) atoms. The van der Waals surface area contributed by atoms with E-state index in [9.17, 15) is 22.8 Å². The molecule has 2 N–H and O–H groups in total. The maximum Gasteiger partial charge on any atom is 0.406 e. The Hall–Kier alpha value is -3.03. The second kappa shape index (κ2) is 4.98. The second-order valence-corrected chi connectivity index (χ2v) is 5.89. The van der Waals surface area contributed by atoms with Gasteiger partial charge in [0.05, 0.1) is 5.56 Å². The van der Waals surface area contributed by atoms with E-state index in [0.717, 1.165) is 0 Å². The standard InChI is InChI=1S/C17H12F3N3O2/c18-16(19,20)9-23-14(24)10-5-1-3-7-12(10)22-17(23)11-6-2-4-8-13(11)21-15(17)25/h1-8,22H,9H2,(H,21,25). The minimum Gasteiger partial charge on any atom is -0.350 e. The van der Waals surface area contributed by atoms with Crippen LogP contribution in [-0.2, 0) is 10.5 Å². The van der Waals surface area contributed by atoms with E-state index in [1.165, 1.54) is 12.1 Å². The summed E-state index contributed by atoms with van der Waals surface area (Å²) in [5.74, 6) is -1.57. The highest BCUT2D eigenvalue weighted by atomic mass is 19.4. The minimum absolute atomic E-state index is 0.0922. The molecule has 0 radical (unpaired) electrons. The zero-order chi connectivity index (χ0) is 17.8. The average Bonchev–Trinajstić information content (AvgIpc) is 2.83. The van der Waals surface area contributed by atoms with Gasteiger partial charge in [-0.25, -0.2) is 0 Å². The van der Waals surface area contributed by atoms with Gasteiger partial charge in [0, 0.05) is 16.9 Å². The number of carbonyl (C=O) groups excluding carboxylic acids is 2. The lowest BCUT2D eigenvalue weighted by molar-refractivity contribution is -0.155. The number of rotatable bonds is 1. The summed E-state index contributed by atoms with van der Waals surface area (Å²) in [6, 6.07) is 12.6. The zero-order valence-corrected chi connectivity index (χ0v) is 12.7. The van der Waals surface area contributed by atoms with Gasteiger partial charge in [0.15, 0.2) is 0 Å². The molecule has 4 rings (SSSR count). The molecule has 0 saturated heterocycles. The molecule has 0 bridgehead atoms. The molecular formula is C17H12F3N3O2. The van der Waals surface area contributed by atoms with Crippen molar-refractivity contribution in [3.05, 3.63) is 59.7 Å². The van der Waals surface area contributed by atoms with Gasteiger partial charge in [-0.2, -0.15) is 13.2 Å². The fourth-order valence-electron chi connectivity index (χ4n) is 3.34. The summed E-state index contributed by atoms with van der Waals surface area (Å²) in [6.07, 6.45) is -4.66. The van der Waals surface area contributed by atoms with Crippen molar-refractivity contribution in [1.29, 1.82) is 0 Å². The molecule has 0 aromatic heterocycles. The van der Waals surface area contributed by atoms with Crippen LogP contribution in [0, 0.1) is 0 Å². The molecule has 0 fully saturated rings. The summed E-state index contributed by atoms with van der Waals surface area (Å²) < 4.78 is 39.5. The summed E-state index contributed by atoms with van der Waals surface area (Å²) in [7, 11) is 0. The van der Waals surface area contributed by atoms with Gasteiger partial charge in [0.25, 0.3) is 11.8 Å². The maximum atomic E-state index is 13.2. The summed E-state index contributed by atoms with van der Waals surface area (Å²) in [6.45, 7) is -1.55. The highest BCUT2D eigenvalue weighted by molar-refractivity contribution is 6.14. The van der Waals surface area contributed by atoms with E-state index in [-0.39, 0.29) is 11.1 Å². The smallest absolute Gasteiger partial charge is 0.350 e. The van der Waals surface area contributed by atoms with Crippen LogP contribution in [-0.4, -0.2) is 29.4 Å². The predicted molar refractivity (Wildman–Crippen MR) is 83.9 cm³/mol. The van der Waals surface area contributed by atoms with E-state index in [1.807, 2.05) is 0 Å². The summed E-state index contributed by atoms with van der Waals surface area (Å²) >= 11 is 0. The fourth-order valence-corrected chi connectivity index (χ4v) is 3.34. The van der Waals surface area contributed by atoms with E-state index >= 15 is 0 Å². The number of para-hydroxylation sites is 2. The Morgan fingerprint density at radius 1 is 0.960 bits per heavy atom. The topological polar surface area (TPSA) is 61.4 Å². The third-order valence-electron chi connectivity index (χ3n) is 4.35. The highest BCUT2D eigenvalue weighted by Gasteiger charge is 2.58. The molecule has 2 amide bonds. The van der Waals surface area contributed by atoms with Crippen molar-refractivity contribution in [2.45, 2.75) is 11.8 Å². The van der Waals surface area contributed by atoms with Crippen LogP contribution < -0.4 is 10.6 Å². The molecule has 8 heteroatoms. The van der Waals surface area contributed by atoms with Crippen LogP contribution in [0.1, 0.15) is 15.9 Å². The summed E-state index contributed by atoms with van der Waals surface area (Å²) in [5, 5.41) is 5.44. The number of hydrogen-bond donors (Lipinski definition) is 2. The second-order valence-electron chi connectivity index (χ2n) is 5.89. The average molecular weight is 347 g/mol. The first-order valence-electron chi connectivity index (χ1n) is 7.50. The first kappa shape index (κ1) is 15.5. The number of alkyl halides is 3. The lowest BCUT2D eigenvalue weighted by atomic mass is 9.93. The molecule has 1 spiro atoms. The van der Waals surface area contributed by atoms with Gasteiger partial charge in [-0.05, 0) is 18.2 Å². The Morgan fingerprint density at radius 2 is 1.60 bits per heavy atom. The number of fused-ring (bicyclic) bond motifs is 3. The lowest BCUT2D eigenvalue weighted by Gasteiger charge is -2.44. The fraction of sp³-hybridized carbons (Fsp3) is 0.176. The Kier molecular flexibility index (Phi) is 3.09. The molecule has 2 aliphatic rings. The molecular weight excluding hydrogens is 335 g/mol. The van der Waals surface area contributed by atoms with Crippen molar-refractivity contribution in [2.75, 3.05) is 17.2 Å². The molecule has 2 aromatic rings. The SMILES string of the molecule is O=C1c2ccccc2NC2(C(=O)Nc3ccccc32)N1CC(F)(F)F. The molecule has 2 aromatic carbocycles.